The van der Waals surface area contributed by atoms with Crippen LogP contribution in [0.15, 0.2) is 48.5 Å². The fourth-order valence-corrected chi connectivity index (χ4v) is 6.67. The first kappa shape index (κ1) is 26.6. The van der Waals surface area contributed by atoms with Gasteiger partial charge in [0.05, 0.1) is 20.3 Å². The highest BCUT2D eigenvalue weighted by atomic mass is 32.2. The largest absolute Gasteiger partial charge is 0.497 e. The average molecular weight is 517 g/mol. The number of Topliss-reactive ketones (excluding diaryl/α,β-unsaturated/α-hetero) is 1. The Bertz CT molecular complexity index is 1060. The van der Waals surface area contributed by atoms with Crippen molar-refractivity contribution in [3.63, 3.8) is 0 Å². The van der Waals surface area contributed by atoms with Crippen LogP contribution in [0.5, 0.6) is 11.5 Å². The number of carbonyl (C=O) groups excluding carboxylic acids is 1. The minimum absolute atomic E-state index is 0.0255. The van der Waals surface area contributed by atoms with Gasteiger partial charge < -0.3 is 14.2 Å². The van der Waals surface area contributed by atoms with Crippen molar-refractivity contribution in [2.75, 3.05) is 27.4 Å². The fraction of sp³-hybridized carbons (Fsp3) is 0.519. The summed E-state index contributed by atoms with van der Waals surface area (Å²) >= 11 is 0. The summed E-state index contributed by atoms with van der Waals surface area (Å²) < 4.78 is 48.1. The number of methoxy groups -OCH3 is 2. The van der Waals surface area contributed by atoms with Gasteiger partial charge in [0.2, 0.25) is 0 Å². The van der Waals surface area contributed by atoms with Crippen molar-refractivity contribution in [3.05, 3.63) is 59.7 Å². The molecule has 1 aliphatic carbocycles. The molecule has 1 aliphatic heterocycles. The lowest BCUT2D eigenvalue weighted by molar-refractivity contribution is -0.128. The summed E-state index contributed by atoms with van der Waals surface area (Å²) in [6.45, 7) is 3.27. The molecule has 4 rings (SSSR count). The van der Waals surface area contributed by atoms with Gasteiger partial charge >= 0.3 is 0 Å². The van der Waals surface area contributed by atoms with Crippen LogP contribution in [0, 0.1) is 5.92 Å². The van der Waals surface area contributed by atoms with Gasteiger partial charge in [0.25, 0.3) is 10.2 Å². The molecule has 2 atom stereocenters. The molecule has 9 heteroatoms. The lowest BCUT2D eigenvalue weighted by Gasteiger charge is -2.40. The van der Waals surface area contributed by atoms with Gasteiger partial charge in [-0.15, -0.1) is 0 Å². The molecule has 0 spiro atoms. The van der Waals surface area contributed by atoms with Crippen molar-refractivity contribution in [2.24, 2.45) is 5.92 Å². The van der Waals surface area contributed by atoms with E-state index in [1.807, 2.05) is 55.5 Å². The summed E-state index contributed by atoms with van der Waals surface area (Å²) in [6, 6.07) is 14.6. The van der Waals surface area contributed by atoms with Crippen LogP contribution in [0.3, 0.4) is 0 Å². The number of nitrogens with zero attached hydrogens (tertiary/aromatic N) is 2. The molecule has 8 nitrogen and oxygen atoms in total. The van der Waals surface area contributed by atoms with Gasteiger partial charge in [-0.1, -0.05) is 24.3 Å². The lowest BCUT2D eigenvalue weighted by atomic mass is 9.79. The molecule has 0 amide bonds. The zero-order valence-corrected chi connectivity index (χ0v) is 22.1. The molecule has 2 aromatic carbocycles. The molecule has 1 saturated heterocycles. The number of rotatable bonds is 12. The summed E-state index contributed by atoms with van der Waals surface area (Å²) in [5.74, 6) is 1.64. The summed E-state index contributed by atoms with van der Waals surface area (Å²) in [4.78, 5) is 11.7. The number of ketones is 1. The zero-order chi connectivity index (χ0) is 25.7. The number of benzene rings is 2. The molecule has 196 valence electrons. The SMILES string of the molecule is COc1ccc(CN(Cc2ccc(OC)cc2)S(=O)(=O)N(CC2CCCO2)[C@@H](C)C2CC(=O)C2)cc1. The molecular formula is C27H36N2O6S. The van der Waals surface area contributed by atoms with Gasteiger partial charge in [-0.3, -0.25) is 4.79 Å². The molecule has 0 N–H and O–H groups in total. The van der Waals surface area contributed by atoms with Gasteiger partial charge in [0.1, 0.15) is 17.3 Å². The Morgan fingerprint density at radius 3 is 1.89 bits per heavy atom. The Morgan fingerprint density at radius 1 is 0.944 bits per heavy atom. The van der Waals surface area contributed by atoms with Crippen LogP contribution >= 0.6 is 0 Å². The van der Waals surface area contributed by atoms with Crippen LogP contribution in [-0.4, -0.2) is 62.3 Å². The molecule has 1 unspecified atom stereocenters. The first-order chi connectivity index (χ1) is 17.3. The quantitative estimate of drug-likeness (QED) is 0.427. The topological polar surface area (TPSA) is 85.4 Å². The van der Waals surface area contributed by atoms with E-state index in [-0.39, 0.29) is 43.5 Å². The monoisotopic (exact) mass is 516 g/mol. The van der Waals surface area contributed by atoms with Crippen LogP contribution in [-0.2, 0) is 32.8 Å². The molecule has 0 aromatic heterocycles. The second kappa shape index (κ2) is 11.7. The third kappa shape index (κ3) is 6.26. The van der Waals surface area contributed by atoms with Crippen LogP contribution in [0.2, 0.25) is 0 Å². The van der Waals surface area contributed by atoms with Gasteiger partial charge in [-0.2, -0.15) is 17.0 Å². The Balaban J connectivity index is 1.65. The van der Waals surface area contributed by atoms with Crippen LogP contribution in [0.25, 0.3) is 0 Å². The molecule has 2 aromatic rings. The van der Waals surface area contributed by atoms with E-state index in [9.17, 15) is 13.2 Å². The molecule has 2 aliphatic rings. The third-order valence-corrected chi connectivity index (χ3v) is 9.17. The first-order valence-corrected chi connectivity index (χ1v) is 13.9. The van der Waals surface area contributed by atoms with Gasteiger partial charge in [-0.25, -0.2) is 0 Å². The maximum Gasteiger partial charge on any atom is 0.282 e. The van der Waals surface area contributed by atoms with Gasteiger partial charge in [0.15, 0.2) is 0 Å². The number of carbonyl (C=O) groups is 1. The molecule has 1 heterocycles. The Hall–Kier alpha value is -2.46. The Kier molecular flexibility index (Phi) is 8.66. The molecule has 0 bridgehead atoms. The minimum atomic E-state index is -3.90. The van der Waals surface area contributed by atoms with Crippen molar-refractivity contribution in [3.8, 4) is 11.5 Å². The van der Waals surface area contributed by atoms with Gasteiger partial charge in [0, 0.05) is 45.1 Å². The van der Waals surface area contributed by atoms with E-state index >= 15 is 0 Å². The van der Waals surface area contributed by atoms with E-state index < -0.39 is 10.2 Å². The fourth-order valence-electron chi connectivity index (χ4n) is 4.80. The van der Waals surface area contributed by atoms with E-state index in [1.165, 1.54) is 4.31 Å². The summed E-state index contributed by atoms with van der Waals surface area (Å²) in [7, 11) is -0.699. The minimum Gasteiger partial charge on any atom is -0.497 e. The molecule has 1 saturated carbocycles. The van der Waals surface area contributed by atoms with E-state index in [2.05, 4.69) is 0 Å². The summed E-state index contributed by atoms with van der Waals surface area (Å²) in [6.07, 6.45) is 2.47. The molecule has 0 radical (unpaired) electrons. The Morgan fingerprint density at radius 2 is 1.47 bits per heavy atom. The highest BCUT2D eigenvalue weighted by Gasteiger charge is 2.42. The van der Waals surface area contributed by atoms with Crippen LogP contribution < -0.4 is 9.47 Å². The predicted molar refractivity (Wildman–Crippen MR) is 137 cm³/mol. The number of hydrogen-bond donors (Lipinski definition) is 0. The van der Waals surface area contributed by atoms with E-state index in [0.717, 1.165) is 24.0 Å². The second-order valence-electron chi connectivity index (χ2n) is 9.62. The van der Waals surface area contributed by atoms with E-state index in [4.69, 9.17) is 14.2 Å². The lowest BCUT2D eigenvalue weighted by Crippen LogP contribution is -2.53. The zero-order valence-electron chi connectivity index (χ0n) is 21.3. The van der Waals surface area contributed by atoms with Crippen molar-refractivity contribution in [1.29, 1.82) is 0 Å². The summed E-state index contributed by atoms with van der Waals surface area (Å²) in [5.41, 5.74) is 1.72. The normalized spacial score (nSPS) is 19.5. The number of hydrogen-bond acceptors (Lipinski definition) is 6. The highest BCUT2D eigenvalue weighted by molar-refractivity contribution is 7.86. The van der Waals surface area contributed by atoms with Crippen LogP contribution in [0.4, 0.5) is 0 Å². The standard InChI is InChI=1S/C27H36N2O6S/c1-20(23-15-24(30)16-23)29(19-27-5-4-14-35-27)36(31,32)28(17-21-6-10-25(33-2)11-7-21)18-22-8-12-26(34-3)13-9-22/h6-13,20,23,27H,4-5,14-19H2,1-3H3/t20-,27?/m0/s1. The van der Waals surface area contributed by atoms with Crippen molar-refractivity contribution in [2.45, 2.75) is 57.8 Å². The third-order valence-electron chi connectivity index (χ3n) is 7.18. The highest BCUT2D eigenvalue weighted by Crippen LogP contribution is 2.33. The van der Waals surface area contributed by atoms with Crippen molar-refractivity contribution < 1.29 is 27.4 Å². The average Bonchev–Trinajstić information content (AvgIpc) is 3.39. The molecule has 2 fully saturated rings. The maximum absolute atomic E-state index is 14.3. The smallest absolute Gasteiger partial charge is 0.282 e. The van der Waals surface area contributed by atoms with E-state index in [0.29, 0.717) is 30.9 Å². The Labute approximate surface area is 214 Å². The summed E-state index contributed by atoms with van der Waals surface area (Å²) in [5, 5.41) is 0. The van der Waals surface area contributed by atoms with Crippen molar-refractivity contribution in [1.82, 2.24) is 8.61 Å². The van der Waals surface area contributed by atoms with E-state index in [1.54, 1.807) is 18.5 Å². The predicted octanol–water partition coefficient (Wildman–Crippen LogP) is 3.80. The number of ether oxygens (including phenoxy) is 3. The molecular weight excluding hydrogens is 480 g/mol. The second-order valence-corrected chi connectivity index (χ2v) is 11.5. The van der Waals surface area contributed by atoms with Gasteiger partial charge in [-0.05, 0) is 61.1 Å². The molecule has 36 heavy (non-hydrogen) atoms. The maximum atomic E-state index is 14.3. The van der Waals surface area contributed by atoms with Crippen LogP contribution in [0.1, 0.15) is 43.7 Å². The van der Waals surface area contributed by atoms with Crippen molar-refractivity contribution >= 4 is 16.0 Å². The first-order valence-electron chi connectivity index (χ1n) is 12.5.